The summed E-state index contributed by atoms with van der Waals surface area (Å²) in [5.74, 6) is 2.44. The molecule has 2 aromatic heterocycles. The molecule has 0 aromatic carbocycles. The molecule has 0 aliphatic carbocycles. The maximum atomic E-state index is 5.15. The molecule has 114 valence electrons. The Balaban J connectivity index is 1.52. The van der Waals surface area contributed by atoms with Crippen LogP contribution in [0.25, 0.3) is 0 Å². The molecule has 0 unspecified atom stereocenters. The van der Waals surface area contributed by atoms with Crippen molar-refractivity contribution in [1.29, 1.82) is 0 Å². The second kappa shape index (κ2) is 6.48. The Morgan fingerprint density at radius 1 is 1.05 bits per heavy atom. The van der Waals surface area contributed by atoms with Crippen molar-refractivity contribution in [2.75, 3.05) is 31.1 Å². The van der Waals surface area contributed by atoms with Crippen LogP contribution in [0.15, 0.2) is 4.52 Å². The lowest BCUT2D eigenvalue weighted by molar-refractivity contribution is 0.240. The van der Waals surface area contributed by atoms with Gasteiger partial charge in [-0.05, 0) is 0 Å². The Morgan fingerprint density at radius 2 is 1.86 bits per heavy atom. The van der Waals surface area contributed by atoms with Crippen LogP contribution in [0.3, 0.4) is 0 Å². The molecular weight excluding hydrogens is 288 g/mol. The summed E-state index contributed by atoms with van der Waals surface area (Å²) in [4.78, 5) is 13.6. The molecule has 0 saturated carbocycles. The number of aromatic nitrogens is 4. The highest BCUT2D eigenvalue weighted by atomic mass is 32.1. The van der Waals surface area contributed by atoms with Crippen LogP contribution < -0.4 is 4.90 Å². The zero-order valence-corrected chi connectivity index (χ0v) is 13.3. The van der Waals surface area contributed by atoms with Gasteiger partial charge in [-0.1, -0.05) is 19.0 Å². The minimum absolute atomic E-state index is 0.713. The van der Waals surface area contributed by atoms with Gasteiger partial charge in [0.15, 0.2) is 5.82 Å². The van der Waals surface area contributed by atoms with E-state index in [2.05, 4.69) is 36.2 Å². The summed E-state index contributed by atoms with van der Waals surface area (Å²) in [7, 11) is 0. The standard InChI is InChI=1S/C13H20N6OS/c1-3-10-15-13(21-17-10)19-7-5-18(6-8-19)9-11-14-12(4-2)20-16-11/h3-9H2,1-2H3. The van der Waals surface area contributed by atoms with Crippen LogP contribution in [0.5, 0.6) is 0 Å². The van der Waals surface area contributed by atoms with Gasteiger partial charge in [0.2, 0.25) is 11.0 Å². The van der Waals surface area contributed by atoms with E-state index in [0.29, 0.717) is 5.89 Å². The molecule has 0 atom stereocenters. The Hall–Kier alpha value is -1.54. The van der Waals surface area contributed by atoms with Crippen LogP contribution in [0, 0.1) is 0 Å². The van der Waals surface area contributed by atoms with E-state index in [4.69, 9.17) is 4.52 Å². The van der Waals surface area contributed by atoms with E-state index in [0.717, 1.165) is 62.3 Å². The van der Waals surface area contributed by atoms with Crippen molar-refractivity contribution in [2.24, 2.45) is 0 Å². The molecule has 1 aliphatic rings. The van der Waals surface area contributed by atoms with E-state index in [9.17, 15) is 0 Å². The number of hydrogen-bond acceptors (Lipinski definition) is 8. The molecular formula is C13H20N6OS. The topological polar surface area (TPSA) is 71.2 Å². The van der Waals surface area contributed by atoms with Crippen LogP contribution in [0.4, 0.5) is 5.13 Å². The van der Waals surface area contributed by atoms with Crippen LogP contribution in [-0.2, 0) is 19.4 Å². The van der Waals surface area contributed by atoms with E-state index >= 15 is 0 Å². The molecule has 2 aromatic rings. The number of aryl methyl sites for hydroxylation is 2. The molecule has 3 rings (SSSR count). The van der Waals surface area contributed by atoms with E-state index in [1.165, 1.54) is 11.5 Å². The highest BCUT2D eigenvalue weighted by molar-refractivity contribution is 7.09. The molecule has 3 heterocycles. The second-order valence-electron chi connectivity index (χ2n) is 5.07. The Kier molecular flexibility index (Phi) is 4.45. The first-order valence-corrected chi connectivity index (χ1v) is 8.17. The second-order valence-corrected chi connectivity index (χ2v) is 5.80. The highest BCUT2D eigenvalue weighted by Gasteiger charge is 2.21. The molecule has 8 heteroatoms. The first kappa shape index (κ1) is 14.4. The van der Waals surface area contributed by atoms with E-state index < -0.39 is 0 Å². The van der Waals surface area contributed by atoms with Gasteiger partial charge < -0.3 is 9.42 Å². The summed E-state index contributed by atoms with van der Waals surface area (Å²) in [6.45, 7) is 8.76. The van der Waals surface area contributed by atoms with Crippen molar-refractivity contribution in [2.45, 2.75) is 33.2 Å². The maximum Gasteiger partial charge on any atom is 0.226 e. The third-order valence-electron chi connectivity index (χ3n) is 3.59. The number of hydrogen-bond donors (Lipinski definition) is 0. The predicted molar refractivity (Wildman–Crippen MR) is 80.5 cm³/mol. The van der Waals surface area contributed by atoms with Crippen LogP contribution in [0.2, 0.25) is 0 Å². The average molecular weight is 308 g/mol. The van der Waals surface area contributed by atoms with Gasteiger partial charge in [-0.25, -0.2) is 4.98 Å². The lowest BCUT2D eigenvalue weighted by Crippen LogP contribution is -2.46. The molecule has 7 nitrogen and oxygen atoms in total. The summed E-state index contributed by atoms with van der Waals surface area (Å²) in [5, 5.41) is 5.05. The molecule has 0 bridgehead atoms. The number of nitrogens with zero attached hydrogens (tertiary/aromatic N) is 6. The highest BCUT2D eigenvalue weighted by Crippen LogP contribution is 2.19. The van der Waals surface area contributed by atoms with Crippen molar-refractivity contribution in [1.82, 2.24) is 24.4 Å². The van der Waals surface area contributed by atoms with Gasteiger partial charge in [0.1, 0.15) is 5.82 Å². The molecule has 0 spiro atoms. The Morgan fingerprint density at radius 3 is 2.48 bits per heavy atom. The first-order chi connectivity index (χ1) is 10.3. The van der Waals surface area contributed by atoms with Gasteiger partial charge >= 0.3 is 0 Å². The predicted octanol–water partition coefficient (Wildman–Crippen LogP) is 1.37. The fraction of sp³-hybridized carbons (Fsp3) is 0.692. The molecule has 0 N–H and O–H groups in total. The van der Waals surface area contributed by atoms with E-state index in [1.54, 1.807) is 0 Å². The van der Waals surface area contributed by atoms with Crippen molar-refractivity contribution in [3.8, 4) is 0 Å². The zero-order valence-electron chi connectivity index (χ0n) is 12.4. The monoisotopic (exact) mass is 308 g/mol. The molecule has 1 aliphatic heterocycles. The number of piperazine rings is 1. The first-order valence-electron chi connectivity index (χ1n) is 7.39. The van der Waals surface area contributed by atoms with Crippen molar-refractivity contribution < 1.29 is 4.52 Å². The molecule has 21 heavy (non-hydrogen) atoms. The molecule has 0 amide bonds. The van der Waals surface area contributed by atoms with Gasteiger partial charge in [0.05, 0.1) is 6.54 Å². The normalized spacial score (nSPS) is 16.6. The van der Waals surface area contributed by atoms with Gasteiger partial charge in [-0.2, -0.15) is 9.36 Å². The Labute approximate surface area is 128 Å². The molecule has 1 fully saturated rings. The van der Waals surface area contributed by atoms with E-state index in [-0.39, 0.29) is 0 Å². The largest absolute Gasteiger partial charge is 0.344 e. The van der Waals surface area contributed by atoms with Crippen molar-refractivity contribution >= 4 is 16.7 Å². The lowest BCUT2D eigenvalue weighted by Gasteiger charge is -2.33. The molecule has 0 radical (unpaired) electrons. The third kappa shape index (κ3) is 3.38. The van der Waals surface area contributed by atoms with Crippen molar-refractivity contribution in [3.05, 3.63) is 17.5 Å². The summed E-state index contributed by atoms with van der Waals surface area (Å²) >= 11 is 1.50. The summed E-state index contributed by atoms with van der Waals surface area (Å²) in [5.41, 5.74) is 0. The van der Waals surface area contributed by atoms with Gasteiger partial charge in [-0.15, -0.1) is 0 Å². The fourth-order valence-corrected chi connectivity index (χ4v) is 3.11. The molecule has 1 saturated heterocycles. The van der Waals surface area contributed by atoms with Gasteiger partial charge in [0.25, 0.3) is 0 Å². The summed E-state index contributed by atoms with van der Waals surface area (Å²) < 4.78 is 9.50. The maximum absolute atomic E-state index is 5.15. The fourth-order valence-electron chi connectivity index (χ4n) is 2.31. The number of rotatable bonds is 5. The minimum atomic E-state index is 0.713. The van der Waals surface area contributed by atoms with E-state index in [1.807, 2.05) is 6.92 Å². The summed E-state index contributed by atoms with van der Waals surface area (Å²) in [6.07, 6.45) is 1.69. The zero-order chi connectivity index (χ0) is 14.7. The van der Waals surface area contributed by atoms with Crippen LogP contribution >= 0.6 is 11.5 Å². The summed E-state index contributed by atoms with van der Waals surface area (Å²) in [6, 6.07) is 0. The SMILES string of the molecule is CCc1nsc(N2CCN(Cc3noc(CC)n3)CC2)n1. The van der Waals surface area contributed by atoms with Crippen molar-refractivity contribution in [3.63, 3.8) is 0 Å². The van der Waals surface area contributed by atoms with Gasteiger partial charge in [0, 0.05) is 50.6 Å². The third-order valence-corrected chi connectivity index (χ3v) is 4.41. The smallest absolute Gasteiger partial charge is 0.226 e. The lowest BCUT2D eigenvalue weighted by atomic mass is 10.3. The quantitative estimate of drug-likeness (QED) is 0.826. The average Bonchev–Trinajstić information content (AvgIpc) is 3.17. The Bertz CT molecular complexity index is 575. The van der Waals surface area contributed by atoms with Crippen LogP contribution in [-0.4, -0.2) is 50.6 Å². The minimum Gasteiger partial charge on any atom is -0.344 e. The van der Waals surface area contributed by atoms with Crippen LogP contribution in [0.1, 0.15) is 31.4 Å². The van der Waals surface area contributed by atoms with Gasteiger partial charge in [-0.3, -0.25) is 4.90 Å². The number of anilines is 1.